The summed E-state index contributed by atoms with van der Waals surface area (Å²) in [4.78, 5) is 22.6. The predicted octanol–water partition coefficient (Wildman–Crippen LogP) is 2.67. The molecule has 1 aliphatic heterocycles. The van der Waals surface area contributed by atoms with Crippen LogP contribution in [0.25, 0.3) is 22.3 Å². The van der Waals surface area contributed by atoms with E-state index in [4.69, 9.17) is 4.74 Å². The molecule has 0 radical (unpaired) electrons. The van der Waals surface area contributed by atoms with Crippen LogP contribution in [0.2, 0.25) is 0 Å². The van der Waals surface area contributed by atoms with E-state index in [1.54, 1.807) is 19.2 Å². The molecule has 162 valence electrons. The number of benzene rings is 2. The van der Waals surface area contributed by atoms with Crippen molar-refractivity contribution in [2.24, 2.45) is 5.92 Å². The lowest BCUT2D eigenvalue weighted by molar-refractivity contribution is 0.282. The first-order valence-corrected chi connectivity index (χ1v) is 10.9. The van der Waals surface area contributed by atoms with Crippen molar-refractivity contribution in [3.05, 3.63) is 52.3 Å². The summed E-state index contributed by atoms with van der Waals surface area (Å²) in [7, 11) is 1.56. The van der Waals surface area contributed by atoms with Crippen molar-refractivity contribution >= 4 is 16.6 Å². The van der Waals surface area contributed by atoms with Gasteiger partial charge in [0.15, 0.2) is 0 Å². The third kappa shape index (κ3) is 4.16. The maximum Gasteiger partial charge on any atom is 0.259 e. The monoisotopic (exact) mass is 420 g/mol. The first-order valence-electron chi connectivity index (χ1n) is 10.9. The van der Waals surface area contributed by atoms with E-state index < -0.39 is 0 Å². The molecule has 2 aromatic carbocycles. The van der Waals surface area contributed by atoms with Crippen LogP contribution in [-0.4, -0.2) is 47.9 Å². The Labute approximate surface area is 181 Å². The second-order valence-corrected chi connectivity index (χ2v) is 8.58. The van der Waals surface area contributed by atoms with Gasteiger partial charge in [-0.15, -0.1) is 0 Å². The molecule has 0 bridgehead atoms. The maximum atomic E-state index is 12.7. The van der Waals surface area contributed by atoms with Gasteiger partial charge in [0, 0.05) is 36.4 Å². The van der Waals surface area contributed by atoms with E-state index in [-0.39, 0.29) is 12.2 Å². The van der Waals surface area contributed by atoms with Crippen molar-refractivity contribution in [3.8, 4) is 17.1 Å². The smallest absolute Gasteiger partial charge is 0.259 e. The highest BCUT2D eigenvalue weighted by molar-refractivity contribution is 5.84. The van der Waals surface area contributed by atoms with Crippen molar-refractivity contribution in [1.82, 2.24) is 15.3 Å². The molecule has 1 aliphatic carbocycles. The highest BCUT2D eigenvalue weighted by atomic mass is 16.5. The zero-order valence-corrected chi connectivity index (χ0v) is 17.7. The van der Waals surface area contributed by atoms with Crippen molar-refractivity contribution in [2.45, 2.75) is 31.9 Å². The molecule has 31 heavy (non-hydrogen) atoms. The molecule has 1 saturated heterocycles. The number of aromatic amines is 1. The second-order valence-electron chi connectivity index (χ2n) is 8.58. The van der Waals surface area contributed by atoms with Gasteiger partial charge in [0.05, 0.1) is 24.6 Å². The lowest BCUT2D eigenvalue weighted by Gasteiger charge is -2.19. The molecular formula is C24H28N4O3. The van der Waals surface area contributed by atoms with Crippen molar-refractivity contribution < 1.29 is 9.84 Å². The SMILES string of the molecule is COc1cc(CO)c2c(=O)[nH]c(-c3ccc(N4CCC(NCC5CC5)C4)cc3)nc2c1. The van der Waals surface area contributed by atoms with Gasteiger partial charge in [0.1, 0.15) is 11.6 Å². The number of rotatable bonds is 7. The molecule has 2 aliphatic rings. The molecule has 0 spiro atoms. The molecule has 2 fully saturated rings. The Morgan fingerprint density at radius 3 is 2.74 bits per heavy atom. The van der Waals surface area contributed by atoms with Crippen LogP contribution in [0.3, 0.4) is 0 Å². The standard InChI is InChI=1S/C24H28N4O3/c1-31-20-10-17(14-29)22-21(11-20)26-23(27-24(22)30)16-4-6-19(7-5-16)28-9-8-18(13-28)25-12-15-2-3-15/h4-7,10-11,15,18,25,29H,2-3,8-9,12-14H2,1H3,(H,26,27,30). The van der Waals surface area contributed by atoms with Gasteiger partial charge >= 0.3 is 0 Å². The van der Waals surface area contributed by atoms with Gasteiger partial charge in [-0.3, -0.25) is 4.79 Å². The van der Waals surface area contributed by atoms with Crippen LogP contribution in [0, 0.1) is 5.92 Å². The number of ether oxygens (including phenoxy) is 1. The molecule has 0 amide bonds. The number of aliphatic hydroxyl groups excluding tert-OH is 1. The van der Waals surface area contributed by atoms with Crippen LogP contribution in [0.1, 0.15) is 24.8 Å². The third-order valence-electron chi connectivity index (χ3n) is 6.36. The fourth-order valence-corrected chi connectivity index (χ4v) is 4.35. The van der Waals surface area contributed by atoms with Crippen LogP contribution in [-0.2, 0) is 6.61 Å². The van der Waals surface area contributed by atoms with Crippen molar-refractivity contribution in [1.29, 1.82) is 0 Å². The van der Waals surface area contributed by atoms with Crippen molar-refractivity contribution in [3.63, 3.8) is 0 Å². The molecule has 1 saturated carbocycles. The maximum absolute atomic E-state index is 12.7. The summed E-state index contributed by atoms with van der Waals surface area (Å²) in [6.45, 7) is 2.98. The van der Waals surface area contributed by atoms with Crippen molar-refractivity contribution in [2.75, 3.05) is 31.6 Å². The highest BCUT2D eigenvalue weighted by Crippen LogP contribution is 2.29. The van der Waals surface area contributed by atoms with Gasteiger partial charge in [-0.2, -0.15) is 0 Å². The van der Waals surface area contributed by atoms with E-state index in [2.05, 4.69) is 32.3 Å². The summed E-state index contributed by atoms with van der Waals surface area (Å²) in [6, 6.07) is 12.1. The number of nitrogens with zero attached hydrogens (tertiary/aromatic N) is 2. The van der Waals surface area contributed by atoms with Crippen LogP contribution >= 0.6 is 0 Å². The number of nitrogens with one attached hydrogen (secondary N) is 2. The largest absolute Gasteiger partial charge is 0.497 e. The van der Waals surface area contributed by atoms with E-state index in [1.165, 1.54) is 24.9 Å². The van der Waals surface area contributed by atoms with Gasteiger partial charge in [-0.25, -0.2) is 4.98 Å². The van der Waals surface area contributed by atoms with E-state index >= 15 is 0 Å². The zero-order valence-electron chi connectivity index (χ0n) is 17.7. The van der Waals surface area contributed by atoms with E-state index in [0.717, 1.165) is 31.1 Å². The second kappa shape index (κ2) is 8.32. The number of methoxy groups -OCH3 is 1. The third-order valence-corrected chi connectivity index (χ3v) is 6.36. The molecule has 1 atom stereocenters. The highest BCUT2D eigenvalue weighted by Gasteiger charge is 2.26. The molecule has 1 unspecified atom stereocenters. The summed E-state index contributed by atoms with van der Waals surface area (Å²) in [5, 5.41) is 13.7. The fraction of sp³-hybridized carbons (Fsp3) is 0.417. The quantitative estimate of drug-likeness (QED) is 0.545. The van der Waals surface area contributed by atoms with Gasteiger partial charge in [-0.05, 0) is 67.6 Å². The Balaban J connectivity index is 1.37. The zero-order chi connectivity index (χ0) is 21.4. The van der Waals surface area contributed by atoms with E-state index in [0.29, 0.717) is 34.1 Å². The average molecular weight is 421 g/mol. The number of fused-ring (bicyclic) bond motifs is 1. The van der Waals surface area contributed by atoms with Gasteiger partial charge in [-0.1, -0.05) is 0 Å². The van der Waals surface area contributed by atoms with Crippen LogP contribution < -0.4 is 20.5 Å². The minimum Gasteiger partial charge on any atom is -0.497 e. The molecular weight excluding hydrogens is 392 g/mol. The fourth-order valence-electron chi connectivity index (χ4n) is 4.35. The summed E-state index contributed by atoms with van der Waals surface area (Å²) >= 11 is 0. The molecule has 7 heteroatoms. The number of aromatic nitrogens is 2. The lowest BCUT2D eigenvalue weighted by Crippen LogP contribution is -2.33. The normalized spacial score (nSPS) is 18.6. The average Bonchev–Trinajstić information content (AvgIpc) is 3.52. The van der Waals surface area contributed by atoms with Gasteiger partial charge in [0.25, 0.3) is 5.56 Å². The Morgan fingerprint density at radius 1 is 1.23 bits per heavy atom. The number of anilines is 1. The summed E-state index contributed by atoms with van der Waals surface area (Å²) in [5.74, 6) is 1.97. The molecule has 3 aromatic rings. The topological polar surface area (TPSA) is 90.5 Å². The minimum atomic E-state index is -0.264. The lowest BCUT2D eigenvalue weighted by atomic mass is 10.1. The molecule has 5 rings (SSSR count). The summed E-state index contributed by atoms with van der Waals surface area (Å²) in [5.41, 5.74) is 2.78. The molecule has 2 heterocycles. The Hall–Kier alpha value is -2.90. The summed E-state index contributed by atoms with van der Waals surface area (Å²) in [6.07, 6.45) is 3.93. The van der Waals surface area contributed by atoms with E-state index in [9.17, 15) is 9.90 Å². The van der Waals surface area contributed by atoms with Gasteiger partial charge in [0.2, 0.25) is 0 Å². The molecule has 3 N–H and O–H groups in total. The van der Waals surface area contributed by atoms with E-state index in [1.807, 2.05) is 12.1 Å². The predicted molar refractivity (Wildman–Crippen MR) is 122 cm³/mol. The van der Waals surface area contributed by atoms with Crippen LogP contribution in [0.5, 0.6) is 5.75 Å². The number of aliphatic hydroxyl groups is 1. The number of hydrogen-bond acceptors (Lipinski definition) is 6. The summed E-state index contributed by atoms with van der Waals surface area (Å²) < 4.78 is 5.29. The van der Waals surface area contributed by atoms with Gasteiger partial charge < -0.3 is 25.0 Å². The van der Waals surface area contributed by atoms with Crippen LogP contribution in [0.4, 0.5) is 5.69 Å². The first kappa shape index (κ1) is 20.0. The number of H-pyrrole nitrogens is 1. The Kier molecular flexibility index (Phi) is 5.38. The molecule has 7 nitrogen and oxygen atoms in total. The molecule has 1 aromatic heterocycles. The minimum absolute atomic E-state index is 0.251. The Bertz CT molecular complexity index is 1140. The Morgan fingerprint density at radius 2 is 2.03 bits per heavy atom. The number of hydrogen-bond donors (Lipinski definition) is 3. The first-order chi connectivity index (χ1) is 15.1. The van der Waals surface area contributed by atoms with Crippen LogP contribution in [0.15, 0.2) is 41.2 Å².